The maximum atomic E-state index is 15.5. The first kappa shape index (κ1) is 63.5. The molecular weight excluding hydrogens is 1050 g/mol. The third-order valence-electron chi connectivity index (χ3n) is 19.8. The molecule has 0 aromatic heterocycles. The minimum absolute atomic E-state index is 0.0693. The number of hydrogen-bond acceptors (Lipinski definition) is 23. The summed E-state index contributed by atoms with van der Waals surface area (Å²) in [4.78, 5) is 51.7. The fourth-order valence-electron chi connectivity index (χ4n) is 15.1. The SMILES string of the molecule is C[C@@H](C(=O)O)[C@@H]1CC[C@]2(C)[C@H](CC=C3[C@@H]4CC(C)(C)CC[C@]4(C(=O)O[C@@H]4O[C@H](CO[C@@H]5O[C@H](COC(=O)C[C@](C)(O)CC(=O)O)[C@@H](O)[C@H](O)[C@H]5O)[C@@H](O)[C@H](O[C@@H]5O[C@H](CO)[C@@H](O)[C@H](O)[C@H]5O)[C@H]4O)[C@H](O)C[C@]32C)[C@@]1(C)CCCO. The van der Waals surface area contributed by atoms with Gasteiger partial charge in [-0.1, -0.05) is 53.2 Å². The number of carboxylic acids is 2. The molecule has 25 heteroatoms. The maximum Gasteiger partial charge on any atom is 0.317 e. The number of carbonyl (C=O) groups excluding carboxylic acids is 2. The standard InChI is InChI=1S/C54H86O25/c1-24(44(69)70)25-11-13-52(6)31(51(25,5)12-8-16-55)10-9-26-27-17-49(2,3)14-15-54(27,32(57)18-53(26,52)7)48(71)79-47-42(68)43(78-46-41(67)38(64)35(61)28(21-56)75-46)37(63)30(77-47)23-74-45-40(66)39(65)36(62)29(76-45)22-73-34(60)20-50(4,72)19-33(58)59/h9,24-25,27-32,35-43,45-47,55-57,61-68,72H,8,10-23H2,1-7H3,(H,58,59)(H,69,70)/t24-,25+,27+,28-,29-,30-,31-,32-,35-,36-,37-,38+,39+,40-,41-,42-,43+,45-,46+,47+,50-,51+,52-,53-,54-/m1/s1. The number of carboxylic acid groups (broad SMARTS) is 2. The quantitative estimate of drug-likeness (QED) is 0.0522. The molecular formula is C54H86O25. The molecule has 0 unspecified atom stereocenters. The average Bonchev–Trinajstić information content (AvgIpc) is 1.76. The van der Waals surface area contributed by atoms with E-state index < -0.39 is 194 Å². The number of ether oxygens (including phenoxy) is 7. The zero-order valence-electron chi connectivity index (χ0n) is 46.0. The van der Waals surface area contributed by atoms with Crippen molar-refractivity contribution in [2.75, 3.05) is 26.4 Å². The van der Waals surface area contributed by atoms with E-state index in [0.29, 0.717) is 44.9 Å². The van der Waals surface area contributed by atoms with Crippen LogP contribution in [0.4, 0.5) is 0 Å². The van der Waals surface area contributed by atoms with Gasteiger partial charge < -0.3 is 105 Å². The highest BCUT2D eigenvalue weighted by Crippen LogP contribution is 2.74. The number of hydrogen-bond donors (Lipinski definition) is 14. The van der Waals surface area contributed by atoms with Crippen LogP contribution in [0.3, 0.4) is 0 Å². The fourth-order valence-corrected chi connectivity index (χ4v) is 15.1. The number of aliphatic hydroxyl groups excluding tert-OH is 11. The Morgan fingerprint density at radius 2 is 1.34 bits per heavy atom. The smallest absolute Gasteiger partial charge is 0.317 e. The van der Waals surface area contributed by atoms with Gasteiger partial charge in [-0.25, -0.2) is 0 Å². The Bertz CT molecular complexity index is 2210. The van der Waals surface area contributed by atoms with Crippen LogP contribution in [-0.4, -0.2) is 226 Å². The second-order valence-corrected chi connectivity index (χ2v) is 25.5. The molecule has 7 aliphatic rings. The molecule has 0 aromatic carbocycles. The van der Waals surface area contributed by atoms with Crippen molar-refractivity contribution in [3.8, 4) is 0 Å². The van der Waals surface area contributed by atoms with Crippen LogP contribution in [0.25, 0.3) is 0 Å². The molecule has 3 aliphatic heterocycles. The van der Waals surface area contributed by atoms with Crippen molar-refractivity contribution < 1.29 is 124 Å². The van der Waals surface area contributed by atoms with Crippen LogP contribution in [0.2, 0.25) is 0 Å². The Hall–Kier alpha value is -3.06. The minimum atomic E-state index is -2.15. The number of rotatable bonds is 19. The summed E-state index contributed by atoms with van der Waals surface area (Å²) in [7, 11) is 0. The molecule has 79 heavy (non-hydrogen) atoms. The Balaban J connectivity index is 1.18. The van der Waals surface area contributed by atoms with Crippen LogP contribution in [0.15, 0.2) is 11.6 Å². The van der Waals surface area contributed by atoms with E-state index in [0.717, 1.165) is 12.5 Å². The van der Waals surface area contributed by atoms with Crippen molar-refractivity contribution in [1.82, 2.24) is 0 Å². The summed E-state index contributed by atoms with van der Waals surface area (Å²) in [5.74, 6) is -5.95. The Morgan fingerprint density at radius 3 is 1.96 bits per heavy atom. The highest BCUT2D eigenvalue weighted by atomic mass is 16.8. The third kappa shape index (κ3) is 11.9. The summed E-state index contributed by atoms with van der Waals surface area (Å²) in [6.45, 7) is 10.8. The van der Waals surface area contributed by atoms with E-state index in [9.17, 15) is 80.8 Å². The summed E-state index contributed by atoms with van der Waals surface area (Å²) in [6.07, 6.45) is -25.7. The van der Waals surface area contributed by atoms with E-state index in [-0.39, 0.29) is 36.7 Å². The highest BCUT2D eigenvalue weighted by Gasteiger charge is 2.71. The molecule has 25 nitrogen and oxygen atoms in total. The van der Waals surface area contributed by atoms with E-state index in [1.54, 1.807) is 6.92 Å². The Labute approximate surface area is 458 Å². The predicted octanol–water partition coefficient (Wildman–Crippen LogP) is -1.41. The lowest BCUT2D eigenvalue weighted by molar-refractivity contribution is -0.363. The van der Waals surface area contributed by atoms with Gasteiger partial charge in [-0.2, -0.15) is 0 Å². The van der Waals surface area contributed by atoms with Crippen molar-refractivity contribution in [2.24, 2.45) is 50.7 Å². The molecule has 14 N–H and O–H groups in total. The molecule has 7 rings (SSSR count). The van der Waals surface area contributed by atoms with Gasteiger partial charge in [-0.15, -0.1) is 0 Å². The van der Waals surface area contributed by atoms with E-state index in [1.165, 1.54) is 0 Å². The second-order valence-electron chi connectivity index (χ2n) is 25.5. The van der Waals surface area contributed by atoms with E-state index in [2.05, 4.69) is 40.7 Å². The molecule has 0 amide bonds. The van der Waals surface area contributed by atoms with Gasteiger partial charge in [0.05, 0.1) is 43.7 Å². The first-order valence-corrected chi connectivity index (χ1v) is 27.6. The normalized spacial score (nSPS) is 46.0. The first-order chi connectivity index (χ1) is 36.7. The Morgan fingerprint density at radius 1 is 0.734 bits per heavy atom. The molecule has 0 bridgehead atoms. The minimum Gasteiger partial charge on any atom is -0.481 e. The summed E-state index contributed by atoms with van der Waals surface area (Å²) in [6, 6.07) is 0. The lowest BCUT2D eigenvalue weighted by Gasteiger charge is -2.69. The topological polar surface area (TPSA) is 416 Å². The van der Waals surface area contributed by atoms with Gasteiger partial charge in [0.15, 0.2) is 12.6 Å². The molecule has 4 aliphatic carbocycles. The fraction of sp³-hybridized carbons (Fsp3) is 0.889. The van der Waals surface area contributed by atoms with Crippen molar-refractivity contribution in [3.63, 3.8) is 0 Å². The molecule has 3 heterocycles. The molecule has 0 spiro atoms. The lowest BCUT2D eigenvalue weighted by Crippen LogP contribution is -2.68. The van der Waals surface area contributed by atoms with Crippen molar-refractivity contribution in [3.05, 3.63) is 11.6 Å². The monoisotopic (exact) mass is 1130 g/mol. The number of fused-ring (bicyclic) bond motifs is 5. The molecule has 0 radical (unpaired) electrons. The first-order valence-electron chi connectivity index (χ1n) is 27.6. The van der Waals surface area contributed by atoms with Crippen LogP contribution in [0.5, 0.6) is 0 Å². The van der Waals surface area contributed by atoms with Crippen LogP contribution >= 0.6 is 0 Å². The van der Waals surface area contributed by atoms with Gasteiger partial charge in [0, 0.05) is 6.61 Å². The summed E-state index contributed by atoms with van der Waals surface area (Å²) in [5, 5.41) is 151. The van der Waals surface area contributed by atoms with E-state index in [1.807, 2.05) is 0 Å². The molecule has 452 valence electrons. The van der Waals surface area contributed by atoms with Crippen LogP contribution < -0.4 is 0 Å². The van der Waals surface area contributed by atoms with Gasteiger partial charge in [-0.05, 0) is 104 Å². The molecule has 3 saturated heterocycles. The number of aliphatic hydroxyl groups is 12. The zero-order chi connectivity index (χ0) is 58.7. The average molecular weight is 1140 g/mol. The number of allylic oxidation sites excluding steroid dienone is 2. The van der Waals surface area contributed by atoms with E-state index >= 15 is 4.79 Å². The number of carbonyl (C=O) groups is 4. The van der Waals surface area contributed by atoms with Crippen LogP contribution in [0, 0.1) is 50.7 Å². The third-order valence-corrected chi connectivity index (χ3v) is 19.8. The Kier molecular flexibility index (Phi) is 19.2. The maximum absolute atomic E-state index is 15.5. The van der Waals surface area contributed by atoms with E-state index in [4.69, 9.17) is 38.3 Å². The highest BCUT2D eigenvalue weighted by molar-refractivity contribution is 5.80. The van der Waals surface area contributed by atoms with Crippen LogP contribution in [0.1, 0.15) is 119 Å². The number of aliphatic carboxylic acids is 2. The second kappa shape index (κ2) is 23.9. The molecule has 25 atom stereocenters. The van der Waals surface area contributed by atoms with Gasteiger partial charge >= 0.3 is 23.9 Å². The van der Waals surface area contributed by atoms with Gasteiger partial charge in [-0.3, -0.25) is 19.2 Å². The van der Waals surface area contributed by atoms with Crippen LogP contribution in [-0.2, 0) is 52.3 Å². The summed E-state index contributed by atoms with van der Waals surface area (Å²) < 4.78 is 40.3. The largest absolute Gasteiger partial charge is 0.481 e. The summed E-state index contributed by atoms with van der Waals surface area (Å²) in [5.41, 5.74) is -4.85. The van der Waals surface area contributed by atoms with Gasteiger partial charge in [0.2, 0.25) is 6.29 Å². The lowest BCUT2D eigenvalue weighted by atomic mass is 9.34. The van der Waals surface area contributed by atoms with Crippen molar-refractivity contribution in [2.45, 2.75) is 223 Å². The molecule has 3 saturated carbocycles. The summed E-state index contributed by atoms with van der Waals surface area (Å²) >= 11 is 0. The van der Waals surface area contributed by atoms with Gasteiger partial charge in [0.1, 0.15) is 85.3 Å². The predicted molar refractivity (Wildman–Crippen MR) is 267 cm³/mol. The van der Waals surface area contributed by atoms with Crippen molar-refractivity contribution in [1.29, 1.82) is 0 Å². The molecule has 0 aromatic rings. The molecule has 6 fully saturated rings. The van der Waals surface area contributed by atoms with Gasteiger partial charge in [0.25, 0.3) is 0 Å². The zero-order valence-corrected chi connectivity index (χ0v) is 46.0. The number of esters is 2. The van der Waals surface area contributed by atoms with Crippen molar-refractivity contribution >= 4 is 23.9 Å².